The number of nitrogens with one attached hydrogen (secondary N) is 2. The molecule has 22 heavy (non-hydrogen) atoms. The van der Waals surface area contributed by atoms with E-state index in [-0.39, 0.29) is 11.8 Å². The molecule has 0 fully saturated rings. The van der Waals surface area contributed by atoms with Crippen LogP contribution in [0, 0.1) is 0 Å². The molecule has 0 aliphatic heterocycles. The number of amides is 2. The third kappa shape index (κ3) is 2.95. The molecular weight excluding hydrogens is 292 g/mol. The number of carbonyl (C=O) groups is 2. The summed E-state index contributed by atoms with van der Waals surface area (Å²) in [5, 5.41) is 18.9. The highest BCUT2D eigenvalue weighted by atomic mass is 16.4. The van der Waals surface area contributed by atoms with Crippen molar-refractivity contribution >= 4 is 23.2 Å². The molecule has 0 unspecified atom stereocenters. The molecule has 1 aromatic carbocycles. The fourth-order valence-corrected chi connectivity index (χ4v) is 1.59. The van der Waals surface area contributed by atoms with Crippen molar-refractivity contribution in [3.8, 4) is 0 Å². The number of hydrogen-bond donors (Lipinski definition) is 2. The SMILES string of the molecule is O=C(Nc1cccc(NC(=O)c2nnco2)c1)c1nnco1. The lowest BCUT2D eigenvalue weighted by atomic mass is 10.2. The summed E-state index contributed by atoms with van der Waals surface area (Å²) in [7, 11) is 0. The molecule has 0 atom stereocenters. The Kier molecular flexibility index (Phi) is 3.56. The van der Waals surface area contributed by atoms with E-state index < -0.39 is 11.8 Å². The van der Waals surface area contributed by atoms with Crippen LogP contribution in [0.4, 0.5) is 11.4 Å². The zero-order valence-corrected chi connectivity index (χ0v) is 10.9. The maximum Gasteiger partial charge on any atom is 0.313 e. The van der Waals surface area contributed by atoms with Crippen molar-refractivity contribution in [2.24, 2.45) is 0 Å². The number of rotatable bonds is 4. The third-order valence-corrected chi connectivity index (χ3v) is 2.49. The molecule has 10 nitrogen and oxygen atoms in total. The zero-order valence-electron chi connectivity index (χ0n) is 10.9. The van der Waals surface area contributed by atoms with E-state index in [2.05, 4.69) is 31.0 Å². The van der Waals surface area contributed by atoms with Crippen LogP contribution >= 0.6 is 0 Å². The lowest BCUT2D eigenvalue weighted by Gasteiger charge is -2.06. The van der Waals surface area contributed by atoms with Gasteiger partial charge in [-0.1, -0.05) is 6.07 Å². The minimum atomic E-state index is -0.558. The van der Waals surface area contributed by atoms with Crippen LogP contribution in [0.2, 0.25) is 0 Å². The Morgan fingerprint density at radius 3 is 1.77 bits per heavy atom. The molecule has 10 heteroatoms. The molecule has 0 saturated carbocycles. The lowest BCUT2D eigenvalue weighted by molar-refractivity contribution is 0.0983. The quantitative estimate of drug-likeness (QED) is 0.726. The van der Waals surface area contributed by atoms with Gasteiger partial charge in [-0.15, -0.1) is 20.4 Å². The standard InChI is InChI=1S/C12H8N6O4/c19-9(11-17-13-5-21-11)15-7-2-1-3-8(4-7)16-10(20)12-18-14-6-22-12/h1-6H,(H,15,19)(H,16,20). The molecule has 0 aliphatic rings. The van der Waals surface area contributed by atoms with Crippen molar-refractivity contribution in [3.63, 3.8) is 0 Å². The number of aromatic nitrogens is 4. The highest BCUT2D eigenvalue weighted by molar-refractivity contribution is 6.03. The van der Waals surface area contributed by atoms with E-state index in [9.17, 15) is 9.59 Å². The monoisotopic (exact) mass is 300 g/mol. The van der Waals surface area contributed by atoms with Gasteiger partial charge in [-0.05, 0) is 18.2 Å². The fraction of sp³-hybridized carbons (Fsp3) is 0. The van der Waals surface area contributed by atoms with Gasteiger partial charge in [-0.3, -0.25) is 9.59 Å². The van der Waals surface area contributed by atoms with Crippen molar-refractivity contribution in [2.45, 2.75) is 0 Å². The van der Waals surface area contributed by atoms with Crippen molar-refractivity contribution < 1.29 is 18.4 Å². The van der Waals surface area contributed by atoms with Crippen LogP contribution in [0.1, 0.15) is 21.4 Å². The van der Waals surface area contributed by atoms with E-state index >= 15 is 0 Å². The lowest BCUT2D eigenvalue weighted by Crippen LogP contribution is -2.14. The van der Waals surface area contributed by atoms with Crippen molar-refractivity contribution in [1.82, 2.24) is 20.4 Å². The highest BCUT2D eigenvalue weighted by Gasteiger charge is 2.14. The highest BCUT2D eigenvalue weighted by Crippen LogP contribution is 2.16. The number of nitrogens with zero attached hydrogens (tertiary/aromatic N) is 4. The van der Waals surface area contributed by atoms with E-state index in [4.69, 9.17) is 8.83 Å². The molecule has 2 N–H and O–H groups in total. The van der Waals surface area contributed by atoms with Gasteiger partial charge < -0.3 is 19.5 Å². The van der Waals surface area contributed by atoms with E-state index in [1.165, 1.54) is 0 Å². The Morgan fingerprint density at radius 1 is 0.864 bits per heavy atom. The summed E-state index contributed by atoms with van der Waals surface area (Å²) in [4.78, 5) is 23.5. The van der Waals surface area contributed by atoms with E-state index in [1.54, 1.807) is 24.3 Å². The smallest absolute Gasteiger partial charge is 0.313 e. The van der Waals surface area contributed by atoms with Crippen LogP contribution in [-0.4, -0.2) is 32.2 Å². The molecule has 2 amide bonds. The summed E-state index contributed by atoms with van der Waals surface area (Å²) >= 11 is 0. The number of hydrogen-bond acceptors (Lipinski definition) is 8. The molecule has 3 aromatic rings. The molecule has 0 aliphatic carbocycles. The first kappa shape index (κ1) is 13.4. The third-order valence-electron chi connectivity index (χ3n) is 2.49. The van der Waals surface area contributed by atoms with Crippen LogP contribution in [-0.2, 0) is 0 Å². The summed E-state index contributed by atoms with van der Waals surface area (Å²) < 4.78 is 9.56. The van der Waals surface area contributed by atoms with Gasteiger partial charge in [0.2, 0.25) is 12.8 Å². The van der Waals surface area contributed by atoms with Gasteiger partial charge >= 0.3 is 23.6 Å². The summed E-state index contributed by atoms with van der Waals surface area (Å²) in [5.41, 5.74) is 0.873. The first-order chi connectivity index (χ1) is 10.7. The van der Waals surface area contributed by atoms with Gasteiger partial charge in [-0.25, -0.2) is 0 Å². The number of carbonyl (C=O) groups excluding carboxylic acids is 2. The predicted octanol–water partition coefficient (Wildman–Crippen LogP) is 0.957. The Labute approximate surface area is 122 Å². The second-order valence-corrected chi connectivity index (χ2v) is 3.98. The maximum absolute atomic E-state index is 11.8. The minimum Gasteiger partial charge on any atom is -0.420 e. The Hall–Kier alpha value is -3.56. The average molecular weight is 300 g/mol. The fourth-order valence-electron chi connectivity index (χ4n) is 1.59. The minimum absolute atomic E-state index is 0.166. The van der Waals surface area contributed by atoms with E-state index in [0.717, 1.165) is 12.8 Å². The van der Waals surface area contributed by atoms with Crippen LogP contribution in [0.3, 0.4) is 0 Å². The summed E-state index contributed by atoms with van der Waals surface area (Å²) in [6.45, 7) is 0. The molecule has 3 rings (SSSR count). The van der Waals surface area contributed by atoms with Crippen molar-refractivity contribution in [1.29, 1.82) is 0 Å². The Morgan fingerprint density at radius 2 is 1.36 bits per heavy atom. The first-order valence-corrected chi connectivity index (χ1v) is 5.97. The van der Waals surface area contributed by atoms with Crippen LogP contribution in [0.5, 0.6) is 0 Å². The predicted molar refractivity (Wildman–Crippen MR) is 70.9 cm³/mol. The topological polar surface area (TPSA) is 136 Å². The summed E-state index contributed by atoms with van der Waals surface area (Å²) in [6, 6.07) is 6.46. The number of anilines is 2. The normalized spacial score (nSPS) is 10.2. The second-order valence-electron chi connectivity index (χ2n) is 3.98. The Bertz CT molecular complexity index is 720. The molecule has 0 radical (unpaired) electrons. The second kappa shape index (κ2) is 5.83. The molecule has 0 bridgehead atoms. The van der Waals surface area contributed by atoms with Gasteiger partial charge in [0.25, 0.3) is 0 Å². The van der Waals surface area contributed by atoms with Crippen LogP contribution in [0.15, 0.2) is 45.9 Å². The molecule has 110 valence electrons. The van der Waals surface area contributed by atoms with Crippen molar-refractivity contribution in [3.05, 3.63) is 48.8 Å². The van der Waals surface area contributed by atoms with Gasteiger partial charge in [-0.2, -0.15) is 0 Å². The average Bonchev–Trinajstić information content (AvgIpc) is 3.21. The van der Waals surface area contributed by atoms with Crippen LogP contribution in [0.25, 0.3) is 0 Å². The van der Waals surface area contributed by atoms with Gasteiger partial charge in [0, 0.05) is 11.4 Å². The van der Waals surface area contributed by atoms with E-state index in [0.29, 0.717) is 11.4 Å². The molecule has 2 aromatic heterocycles. The molecular formula is C12H8N6O4. The first-order valence-electron chi connectivity index (χ1n) is 5.97. The summed E-state index contributed by atoms with van der Waals surface area (Å²) in [5.74, 6) is -1.45. The number of benzene rings is 1. The zero-order chi connectivity index (χ0) is 15.4. The van der Waals surface area contributed by atoms with Gasteiger partial charge in [0.15, 0.2) is 0 Å². The van der Waals surface area contributed by atoms with Crippen LogP contribution < -0.4 is 10.6 Å². The maximum atomic E-state index is 11.8. The van der Waals surface area contributed by atoms with E-state index in [1.807, 2.05) is 0 Å². The summed E-state index contributed by atoms with van der Waals surface area (Å²) in [6.07, 6.45) is 2.10. The van der Waals surface area contributed by atoms with Crippen molar-refractivity contribution in [2.75, 3.05) is 10.6 Å². The molecule has 0 spiro atoms. The Balaban J connectivity index is 1.70. The van der Waals surface area contributed by atoms with Gasteiger partial charge in [0.1, 0.15) is 0 Å². The molecule has 2 heterocycles. The molecule has 0 saturated heterocycles. The largest absolute Gasteiger partial charge is 0.420 e. The van der Waals surface area contributed by atoms with Gasteiger partial charge in [0.05, 0.1) is 0 Å².